The molecule has 1 heterocycles. The van der Waals surface area contributed by atoms with Gasteiger partial charge in [0.25, 0.3) is 5.91 Å². The van der Waals surface area contributed by atoms with Crippen molar-refractivity contribution in [3.05, 3.63) is 88.9 Å². The number of Topliss-reactive ketones (excluding diaryl/α,β-unsaturated/α-hetero) is 1. The molecule has 1 fully saturated rings. The number of halogens is 2. The highest BCUT2D eigenvalue weighted by molar-refractivity contribution is 6.30. The fraction of sp³-hybridized carbons (Fsp3) is 0.200. The molecule has 1 atom stereocenters. The highest BCUT2D eigenvalue weighted by Gasteiger charge is 2.22. The van der Waals surface area contributed by atoms with Gasteiger partial charge in [-0.1, -0.05) is 35.9 Å². The molecular formula is C25H24Cl2N2O2. The Hall–Kier alpha value is -2.66. The average molecular weight is 455 g/mol. The third-order valence-corrected chi connectivity index (χ3v) is 5.67. The number of anilines is 1. The first-order valence-electron chi connectivity index (χ1n) is 10.1. The zero-order valence-corrected chi connectivity index (χ0v) is 18.5. The predicted molar refractivity (Wildman–Crippen MR) is 128 cm³/mol. The Morgan fingerprint density at radius 3 is 2.00 bits per heavy atom. The number of ketones is 1. The maximum Gasteiger partial charge on any atom is 0.255 e. The Bertz CT molecular complexity index is 1030. The van der Waals surface area contributed by atoms with Crippen LogP contribution in [0.1, 0.15) is 33.6 Å². The third kappa shape index (κ3) is 5.73. The number of hydrogen-bond donors (Lipinski definition) is 2. The number of nitrogens with one attached hydrogen (secondary N) is 2. The number of benzene rings is 3. The summed E-state index contributed by atoms with van der Waals surface area (Å²) in [5, 5.41) is 6.86. The molecule has 1 unspecified atom stereocenters. The quantitative estimate of drug-likeness (QED) is 0.474. The minimum atomic E-state index is -0.187. The summed E-state index contributed by atoms with van der Waals surface area (Å²) in [7, 11) is 0. The van der Waals surface area contributed by atoms with Gasteiger partial charge in [0.15, 0.2) is 5.78 Å². The summed E-state index contributed by atoms with van der Waals surface area (Å²) in [4.78, 5) is 25.2. The Labute approximate surface area is 193 Å². The van der Waals surface area contributed by atoms with E-state index < -0.39 is 0 Å². The van der Waals surface area contributed by atoms with Crippen LogP contribution in [0.15, 0.2) is 72.8 Å². The van der Waals surface area contributed by atoms with Gasteiger partial charge in [-0.05, 0) is 79.0 Å². The van der Waals surface area contributed by atoms with Crippen molar-refractivity contribution in [1.82, 2.24) is 5.32 Å². The van der Waals surface area contributed by atoms with Crippen LogP contribution in [0.2, 0.25) is 5.02 Å². The van der Waals surface area contributed by atoms with E-state index in [2.05, 4.69) is 10.6 Å². The van der Waals surface area contributed by atoms with Crippen molar-refractivity contribution in [2.24, 2.45) is 5.92 Å². The lowest BCUT2D eigenvalue weighted by atomic mass is 9.91. The van der Waals surface area contributed by atoms with Gasteiger partial charge in [-0.15, -0.1) is 12.4 Å². The second-order valence-corrected chi connectivity index (χ2v) is 7.96. The number of hydrogen-bond acceptors (Lipinski definition) is 3. The summed E-state index contributed by atoms with van der Waals surface area (Å²) >= 11 is 5.93. The molecule has 0 bridgehead atoms. The molecule has 1 saturated heterocycles. The molecule has 3 aromatic carbocycles. The van der Waals surface area contributed by atoms with Crippen LogP contribution in [-0.2, 0) is 0 Å². The summed E-state index contributed by atoms with van der Waals surface area (Å²) in [6.07, 6.45) is 1.96. The number of rotatable bonds is 5. The maximum absolute atomic E-state index is 12.6. The Morgan fingerprint density at radius 2 is 1.42 bits per heavy atom. The standard InChI is InChI=1S/C25H23ClN2O2.ClH/c26-22-11-7-18(8-12-22)17-3-5-20(6-4-17)25(30)28-23-13-9-19(10-14-23)24(29)21-2-1-15-27-16-21;/h3-14,21,27H,1-2,15-16H2,(H,28,30);1H. The van der Waals surface area contributed by atoms with Crippen LogP contribution in [0.5, 0.6) is 0 Å². The van der Waals surface area contributed by atoms with E-state index in [1.807, 2.05) is 36.4 Å². The van der Waals surface area contributed by atoms with Crippen molar-refractivity contribution in [3.8, 4) is 11.1 Å². The largest absolute Gasteiger partial charge is 0.322 e. The van der Waals surface area contributed by atoms with Gasteiger partial charge in [-0.2, -0.15) is 0 Å². The van der Waals surface area contributed by atoms with E-state index in [-0.39, 0.29) is 30.0 Å². The van der Waals surface area contributed by atoms with E-state index in [4.69, 9.17) is 11.6 Å². The second-order valence-electron chi connectivity index (χ2n) is 7.52. The van der Waals surface area contributed by atoms with Gasteiger partial charge in [0.2, 0.25) is 0 Å². The van der Waals surface area contributed by atoms with Gasteiger partial charge < -0.3 is 10.6 Å². The Kier molecular flexibility index (Phi) is 7.85. The normalized spacial score (nSPS) is 15.6. The number of carbonyl (C=O) groups excluding carboxylic acids is 2. The van der Waals surface area contributed by atoms with E-state index in [1.165, 1.54) is 0 Å². The molecule has 0 spiro atoms. The van der Waals surface area contributed by atoms with Crippen molar-refractivity contribution >= 4 is 41.4 Å². The molecule has 1 aliphatic rings. The Morgan fingerprint density at radius 1 is 0.839 bits per heavy atom. The molecule has 0 radical (unpaired) electrons. The van der Waals surface area contributed by atoms with Crippen molar-refractivity contribution in [1.29, 1.82) is 0 Å². The van der Waals surface area contributed by atoms with Crippen molar-refractivity contribution in [2.45, 2.75) is 12.8 Å². The highest BCUT2D eigenvalue weighted by Crippen LogP contribution is 2.23. The number of amides is 1. The van der Waals surface area contributed by atoms with Crippen LogP contribution < -0.4 is 10.6 Å². The third-order valence-electron chi connectivity index (χ3n) is 5.42. The first kappa shape index (κ1) is 23.0. The SMILES string of the molecule is Cl.O=C(Nc1ccc(C(=O)C2CCCNC2)cc1)c1ccc(-c2ccc(Cl)cc2)cc1. The molecular weight excluding hydrogens is 431 g/mol. The molecule has 6 heteroatoms. The van der Waals surface area contributed by atoms with Crippen LogP contribution >= 0.6 is 24.0 Å². The second kappa shape index (κ2) is 10.6. The predicted octanol–water partition coefficient (Wildman–Crippen LogP) is 5.86. The summed E-state index contributed by atoms with van der Waals surface area (Å²) in [6.45, 7) is 1.72. The smallest absolute Gasteiger partial charge is 0.255 e. The summed E-state index contributed by atoms with van der Waals surface area (Å²) in [6, 6.07) is 22.1. The van der Waals surface area contributed by atoms with Gasteiger partial charge in [-0.25, -0.2) is 0 Å². The van der Waals surface area contributed by atoms with Crippen LogP contribution in [-0.4, -0.2) is 24.8 Å². The lowest BCUT2D eigenvalue weighted by Gasteiger charge is -2.21. The lowest BCUT2D eigenvalue weighted by molar-refractivity contribution is 0.0899. The van der Waals surface area contributed by atoms with Crippen molar-refractivity contribution in [2.75, 3.05) is 18.4 Å². The lowest BCUT2D eigenvalue weighted by Crippen LogP contribution is -2.34. The summed E-state index contributed by atoms with van der Waals surface area (Å²) in [5.41, 5.74) is 3.98. The molecule has 160 valence electrons. The maximum atomic E-state index is 12.6. The van der Waals surface area contributed by atoms with Gasteiger partial charge in [0, 0.05) is 34.3 Å². The molecule has 1 aliphatic heterocycles. The van der Waals surface area contributed by atoms with Gasteiger partial charge in [0.1, 0.15) is 0 Å². The summed E-state index contributed by atoms with van der Waals surface area (Å²) in [5.74, 6) is 0.0180. The first-order chi connectivity index (χ1) is 14.6. The van der Waals surface area contributed by atoms with E-state index >= 15 is 0 Å². The average Bonchev–Trinajstić information content (AvgIpc) is 2.80. The monoisotopic (exact) mass is 454 g/mol. The molecule has 2 N–H and O–H groups in total. The van der Waals surface area contributed by atoms with E-state index in [1.54, 1.807) is 36.4 Å². The van der Waals surface area contributed by atoms with Crippen LogP contribution in [0.3, 0.4) is 0 Å². The molecule has 4 nitrogen and oxygen atoms in total. The minimum Gasteiger partial charge on any atom is -0.322 e. The topological polar surface area (TPSA) is 58.2 Å². The zero-order chi connectivity index (χ0) is 20.9. The molecule has 0 saturated carbocycles. The van der Waals surface area contributed by atoms with Gasteiger partial charge >= 0.3 is 0 Å². The summed E-state index contributed by atoms with van der Waals surface area (Å²) < 4.78 is 0. The fourth-order valence-electron chi connectivity index (χ4n) is 3.69. The van der Waals surface area contributed by atoms with E-state index in [9.17, 15) is 9.59 Å². The van der Waals surface area contributed by atoms with E-state index in [0.717, 1.165) is 37.1 Å². The van der Waals surface area contributed by atoms with Crippen LogP contribution in [0.25, 0.3) is 11.1 Å². The van der Waals surface area contributed by atoms with Crippen LogP contribution in [0.4, 0.5) is 5.69 Å². The fourth-order valence-corrected chi connectivity index (χ4v) is 3.81. The number of carbonyl (C=O) groups is 2. The number of piperidine rings is 1. The van der Waals surface area contributed by atoms with Gasteiger partial charge in [0.05, 0.1) is 0 Å². The van der Waals surface area contributed by atoms with Crippen molar-refractivity contribution in [3.63, 3.8) is 0 Å². The Balaban J connectivity index is 0.00000272. The zero-order valence-electron chi connectivity index (χ0n) is 16.9. The molecule has 1 amide bonds. The minimum absolute atomic E-state index is 0. The molecule has 31 heavy (non-hydrogen) atoms. The molecule has 0 aliphatic carbocycles. The first-order valence-corrected chi connectivity index (χ1v) is 10.5. The molecule has 4 rings (SSSR count). The van der Waals surface area contributed by atoms with E-state index in [0.29, 0.717) is 21.8 Å². The van der Waals surface area contributed by atoms with Gasteiger partial charge in [-0.3, -0.25) is 9.59 Å². The highest BCUT2D eigenvalue weighted by atomic mass is 35.5. The van der Waals surface area contributed by atoms with Crippen LogP contribution in [0, 0.1) is 5.92 Å². The molecule has 0 aromatic heterocycles. The van der Waals surface area contributed by atoms with Crippen molar-refractivity contribution < 1.29 is 9.59 Å². The molecule has 3 aromatic rings.